The molecule has 0 unspecified atom stereocenters. The van der Waals surface area contributed by atoms with E-state index in [1.54, 1.807) is 6.07 Å². The molecule has 0 aliphatic heterocycles. The molecular weight excluding hydrogens is 225 g/mol. The van der Waals surface area contributed by atoms with Gasteiger partial charge in [0.1, 0.15) is 11.9 Å². The van der Waals surface area contributed by atoms with E-state index in [1.807, 2.05) is 6.92 Å². The average Bonchev–Trinajstić information content (AvgIpc) is 2.80. The number of aliphatic hydroxyl groups excluding tert-OH is 1. The summed E-state index contributed by atoms with van der Waals surface area (Å²) in [5.74, 6) is -0.105. The largest absolute Gasteiger partial charge is 0.382 e. The van der Waals surface area contributed by atoms with E-state index in [1.165, 1.54) is 12.1 Å². The molecule has 1 atom stereocenters. The van der Waals surface area contributed by atoms with E-state index >= 15 is 0 Å². The number of aryl methyl sites for hydroxylation is 1. The van der Waals surface area contributed by atoms with Crippen molar-refractivity contribution in [2.75, 3.05) is 6.54 Å². The molecule has 0 aliphatic rings. The lowest BCUT2D eigenvalue weighted by Gasteiger charge is -2.00. The Labute approximate surface area is 97.1 Å². The van der Waals surface area contributed by atoms with Gasteiger partial charge in [0.2, 0.25) is 5.82 Å². The van der Waals surface area contributed by atoms with Gasteiger partial charge in [0.25, 0.3) is 5.89 Å². The highest BCUT2D eigenvalue weighted by molar-refractivity contribution is 5.59. The third-order valence-electron chi connectivity index (χ3n) is 2.39. The maximum atomic E-state index is 13.1. The molecule has 0 saturated carbocycles. The Balaban J connectivity index is 2.40. The first-order valence-corrected chi connectivity index (χ1v) is 5.10. The molecule has 90 valence electrons. The summed E-state index contributed by atoms with van der Waals surface area (Å²) < 4.78 is 18.0. The fraction of sp³-hybridized carbons (Fsp3) is 0.273. The number of halogens is 1. The Hall–Kier alpha value is -1.79. The van der Waals surface area contributed by atoms with Crippen molar-refractivity contribution in [2.45, 2.75) is 13.0 Å². The lowest BCUT2D eigenvalue weighted by atomic mass is 10.1. The van der Waals surface area contributed by atoms with Crippen molar-refractivity contribution in [3.05, 3.63) is 35.5 Å². The van der Waals surface area contributed by atoms with Gasteiger partial charge in [-0.3, -0.25) is 0 Å². The molecule has 0 aliphatic carbocycles. The number of aromatic nitrogens is 2. The van der Waals surface area contributed by atoms with E-state index in [4.69, 9.17) is 10.3 Å². The molecule has 2 aromatic rings. The predicted molar refractivity (Wildman–Crippen MR) is 58.4 cm³/mol. The molecule has 6 heteroatoms. The summed E-state index contributed by atoms with van der Waals surface area (Å²) in [5.41, 5.74) is 6.62. The normalized spacial score (nSPS) is 12.7. The minimum Gasteiger partial charge on any atom is -0.382 e. The van der Waals surface area contributed by atoms with Gasteiger partial charge in [-0.05, 0) is 24.6 Å². The highest BCUT2D eigenvalue weighted by Gasteiger charge is 2.16. The number of aliphatic hydroxyl groups is 1. The Bertz CT molecular complexity index is 527. The second kappa shape index (κ2) is 4.60. The minimum atomic E-state index is -0.995. The summed E-state index contributed by atoms with van der Waals surface area (Å²) in [5, 5.41) is 13.1. The third kappa shape index (κ3) is 2.32. The van der Waals surface area contributed by atoms with Crippen molar-refractivity contribution < 1.29 is 14.0 Å². The standard InChI is InChI=1S/C11H12FN3O2/c1-6-2-3-7(12)4-8(6)10-14-11(17-15-10)9(16)5-13/h2-4,9,16H,5,13H2,1H3/t9-/m0/s1. The van der Waals surface area contributed by atoms with Crippen molar-refractivity contribution in [1.29, 1.82) is 0 Å². The van der Waals surface area contributed by atoms with Gasteiger partial charge in [0, 0.05) is 12.1 Å². The first-order valence-electron chi connectivity index (χ1n) is 5.10. The van der Waals surface area contributed by atoms with Crippen molar-refractivity contribution in [2.24, 2.45) is 5.73 Å². The molecule has 2 rings (SSSR count). The molecule has 17 heavy (non-hydrogen) atoms. The van der Waals surface area contributed by atoms with Crippen LogP contribution in [0.25, 0.3) is 11.4 Å². The number of benzene rings is 1. The van der Waals surface area contributed by atoms with Crippen LogP contribution in [0.1, 0.15) is 17.6 Å². The van der Waals surface area contributed by atoms with E-state index in [0.717, 1.165) is 5.56 Å². The van der Waals surface area contributed by atoms with E-state index < -0.39 is 6.10 Å². The van der Waals surface area contributed by atoms with Gasteiger partial charge in [0.15, 0.2) is 0 Å². The Morgan fingerprint density at radius 3 is 3.00 bits per heavy atom. The quantitative estimate of drug-likeness (QED) is 0.837. The van der Waals surface area contributed by atoms with Gasteiger partial charge >= 0.3 is 0 Å². The van der Waals surface area contributed by atoms with Crippen LogP contribution in [-0.4, -0.2) is 21.8 Å². The first-order chi connectivity index (χ1) is 8.11. The molecule has 0 spiro atoms. The lowest BCUT2D eigenvalue weighted by Crippen LogP contribution is -2.11. The molecule has 0 radical (unpaired) electrons. The van der Waals surface area contributed by atoms with Crippen molar-refractivity contribution in [3.8, 4) is 11.4 Å². The highest BCUT2D eigenvalue weighted by atomic mass is 19.1. The zero-order chi connectivity index (χ0) is 12.4. The summed E-state index contributed by atoms with van der Waals surface area (Å²) >= 11 is 0. The molecular formula is C11H12FN3O2. The number of nitrogens with two attached hydrogens (primary N) is 1. The molecule has 5 nitrogen and oxygen atoms in total. The fourth-order valence-electron chi connectivity index (χ4n) is 1.42. The monoisotopic (exact) mass is 237 g/mol. The second-order valence-electron chi connectivity index (χ2n) is 3.67. The van der Waals surface area contributed by atoms with Crippen LogP contribution in [0.3, 0.4) is 0 Å². The Kier molecular flexibility index (Phi) is 3.16. The Morgan fingerprint density at radius 1 is 1.53 bits per heavy atom. The highest BCUT2D eigenvalue weighted by Crippen LogP contribution is 2.22. The fourth-order valence-corrected chi connectivity index (χ4v) is 1.42. The first kappa shape index (κ1) is 11.7. The predicted octanol–water partition coefficient (Wildman–Crippen LogP) is 1.18. The maximum absolute atomic E-state index is 13.1. The van der Waals surface area contributed by atoms with Crippen LogP contribution in [0.5, 0.6) is 0 Å². The van der Waals surface area contributed by atoms with Crippen molar-refractivity contribution in [3.63, 3.8) is 0 Å². The average molecular weight is 237 g/mol. The van der Waals surface area contributed by atoms with Gasteiger partial charge in [0.05, 0.1) is 0 Å². The summed E-state index contributed by atoms with van der Waals surface area (Å²) in [7, 11) is 0. The van der Waals surface area contributed by atoms with Crippen LogP contribution in [0.15, 0.2) is 22.7 Å². The van der Waals surface area contributed by atoms with Crippen LogP contribution in [-0.2, 0) is 0 Å². The molecule has 0 fully saturated rings. The molecule has 0 saturated heterocycles. The lowest BCUT2D eigenvalue weighted by molar-refractivity contribution is 0.141. The molecule has 3 N–H and O–H groups in total. The van der Waals surface area contributed by atoms with E-state index in [-0.39, 0.29) is 24.1 Å². The van der Waals surface area contributed by atoms with Crippen LogP contribution in [0.4, 0.5) is 4.39 Å². The number of nitrogens with zero attached hydrogens (tertiary/aromatic N) is 2. The topological polar surface area (TPSA) is 85.2 Å². The molecule has 0 bridgehead atoms. The summed E-state index contributed by atoms with van der Waals surface area (Å²) in [4.78, 5) is 3.98. The van der Waals surface area contributed by atoms with E-state index in [0.29, 0.717) is 5.56 Å². The van der Waals surface area contributed by atoms with Crippen LogP contribution < -0.4 is 5.73 Å². The summed E-state index contributed by atoms with van der Waals surface area (Å²) in [6, 6.07) is 4.30. The number of rotatable bonds is 3. The van der Waals surface area contributed by atoms with Gasteiger partial charge in [-0.1, -0.05) is 11.2 Å². The van der Waals surface area contributed by atoms with E-state index in [2.05, 4.69) is 10.1 Å². The third-order valence-corrected chi connectivity index (χ3v) is 2.39. The molecule has 1 aromatic carbocycles. The van der Waals surface area contributed by atoms with Gasteiger partial charge in [-0.2, -0.15) is 4.98 Å². The minimum absolute atomic E-state index is 0.0102. The molecule has 1 aromatic heterocycles. The SMILES string of the molecule is Cc1ccc(F)cc1-c1noc([C@@H](O)CN)n1. The summed E-state index contributed by atoms with van der Waals surface area (Å²) in [6.45, 7) is 1.80. The number of hydrogen-bond acceptors (Lipinski definition) is 5. The molecule has 1 heterocycles. The zero-order valence-electron chi connectivity index (χ0n) is 9.22. The van der Waals surface area contributed by atoms with Crippen LogP contribution in [0, 0.1) is 12.7 Å². The van der Waals surface area contributed by atoms with Crippen molar-refractivity contribution >= 4 is 0 Å². The smallest absolute Gasteiger partial charge is 0.257 e. The zero-order valence-corrected chi connectivity index (χ0v) is 9.22. The number of hydrogen-bond donors (Lipinski definition) is 2. The van der Waals surface area contributed by atoms with Gasteiger partial charge < -0.3 is 15.4 Å². The molecule has 0 amide bonds. The van der Waals surface area contributed by atoms with Crippen molar-refractivity contribution in [1.82, 2.24) is 10.1 Å². The maximum Gasteiger partial charge on any atom is 0.257 e. The van der Waals surface area contributed by atoms with Gasteiger partial charge in [-0.15, -0.1) is 0 Å². The Morgan fingerprint density at radius 2 is 2.29 bits per heavy atom. The summed E-state index contributed by atoms with van der Waals surface area (Å²) in [6.07, 6.45) is -0.995. The van der Waals surface area contributed by atoms with Crippen LogP contribution in [0.2, 0.25) is 0 Å². The van der Waals surface area contributed by atoms with Gasteiger partial charge in [-0.25, -0.2) is 4.39 Å². The second-order valence-corrected chi connectivity index (χ2v) is 3.67. The van der Waals surface area contributed by atoms with E-state index in [9.17, 15) is 9.50 Å². The van der Waals surface area contributed by atoms with Crippen LogP contribution >= 0.6 is 0 Å².